The minimum Gasteiger partial charge on any atom is -0.368 e. The number of rotatable bonds is 0. The van der Waals surface area contributed by atoms with Crippen molar-refractivity contribution in [1.29, 1.82) is 0 Å². The Hall–Kier alpha value is -0.950. The zero-order valence-electron chi connectivity index (χ0n) is 5.83. The van der Waals surface area contributed by atoms with Gasteiger partial charge in [0, 0.05) is 0 Å². The molecule has 1 aromatic rings. The van der Waals surface area contributed by atoms with Gasteiger partial charge in [0.15, 0.2) is 10.6 Å². The summed E-state index contributed by atoms with van der Waals surface area (Å²) in [5.41, 5.74) is 5.60. The van der Waals surface area contributed by atoms with E-state index in [1.807, 2.05) is 0 Å². The van der Waals surface area contributed by atoms with Gasteiger partial charge in [0.1, 0.15) is 4.47 Å². The van der Waals surface area contributed by atoms with Crippen molar-refractivity contribution >= 4 is 33.5 Å². The first-order valence-electron chi connectivity index (χ1n) is 2.80. The third-order valence-electron chi connectivity index (χ3n) is 1.19. The molecule has 0 fully saturated rings. The SMILES string of the molecule is N/N=c1/c(Br)c(Cl)nc(N)n1N. The van der Waals surface area contributed by atoms with Crippen LogP contribution in [0.4, 0.5) is 5.95 Å². The summed E-state index contributed by atoms with van der Waals surface area (Å²) in [4.78, 5) is 3.70. The van der Waals surface area contributed by atoms with Crippen LogP contribution in [-0.2, 0) is 0 Å². The predicted octanol–water partition coefficient (Wildman–Crippen LogP) is -0.631. The van der Waals surface area contributed by atoms with Crippen LogP contribution < -0.4 is 22.9 Å². The lowest BCUT2D eigenvalue weighted by molar-refractivity contribution is 0.847. The van der Waals surface area contributed by atoms with E-state index in [9.17, 15) is 0 Å². The highest BCUT2D eigenvalue weighted by Gasteiger charge is 2.06. The lowest BCUT2D eigenvalue weighted by Gasteiger charge is -2.05. The molecule has 0 spiro atoms. The largest absolute Gasteiger partial charge is 0.368 e. The zero-order valence-corrected chi connectivity index (χ0v) is 8.17. The fraction of sp³-hybridized carbons (Fsp3) is 0. The second kappa shape index (κ2) is 3.20. The monoisotopic (exact) mass is 252 g/mol. The van der Waals surface area contributed by atoms with E-state index in [-0.39, 0.29) is 16.6 Å². The minimum absolute atomic E-state index is 0.0346. The van der Waals surface area contributed by atoms with Crippen molar-refractivity contribution in [3.63, 3.8) is 0 Å². The summed E-state index contributed by atoms with van der Waals surface area (Å²) in [6.07, 6.45) is 0. The van der Waals surface area contributed by atoms with Gasteiger partial charge in [-0.05, 0) is 15.9 Å². The van der Waals surface area contributed by atoms with Crippen molar-refractivity contribution in [2.75, 3.05) is 11.6 Å². The molecule has 0 aliphatic carbocycles. The molecule has 0 radical (unpaired) electrons. The third kappa shape index (κ3) is 1.32. The molecule has 1 aromatic heterocycles. The van der Waals surface area contributed by atoms with Gasteiger partial charge in [-0.25, -0.2) is 4.68 Å². The van der Waals surface area contributed by atoms with E-state index in [1.54, 1.807) is 0 Å². The molecule has 0 saturated heterocycles. The molecule has 1 rings (SSSR count). The summed E-state index contributed by atoms with van der Waals surface area (Å²) in [6, 6.07) is 0. The predicted molar refractivity (Wildman–Crippen MR) is 49.3 cm³/mol. The number of nitrogens with two attached hydrogens (primary N) is 3. The number of anilines is 1. The van der Waals surface area contributed by atoms with Gasteiger partial charge in [-0.3, -0.25) is 0 Å². The second-order valence-corrected chi connectivity index (χ2v) is 3.05. The van der Waals surface area contributed by atoms with Crippen LogP contribution in [-0.4, -0.2) is 9.66 Å². The maximum Gasteiger partial charge on any atom is 0.222 e. The first-order valence-corrected chi connectivity index (χ1v) is 3.97. The van der Waals surface area contributed by atoms with Crippen LogP contribution in [0.2, 0.25) is 5.15 Å². The Bertz CT molecular complexity index is 341. The van der Waals surface area contributed by atoms with Crippen LogP contribution in [0, 0.1) is 0 Å². The smallest absolute Gasteiger partial charge is 0.222 e. The van der Waals surface area contributed by atoms with Gasteiger partial charge >= 0.3 is 0 Å². The molecule has 8 heteroatoms. The van der Waals surface area contributed by atoms with Gasteiger partial charge in [0.25, 0.3) is 0 Å². The Balaban J connectivity index is 3.66. The van der Waals surface area contributed by atoms with E-state index in [4.69, 9.17) is 29.0 Å². The molecule has 0 atom stereocenters. The van der Waals surface area contributed by atoms with Crippen molar-refractivity contribution in [3.05, 3.63) is 15.1 Å². The number of halogens is 2. The van der Waals surface area contributed by atoms with E-state index in [0.29, 0.717) is 4.47 Å². The molecule has 66 valence electrons. The van der Waals surface area contributed by atoms with E-state index >= 15 is 0 Å². The summed E-state index contributed by atoms with van der Waals surface area (Å²) in [6.45, 7) is 0. The Labute approximate surface area is 81.1 Å². The second-order valence-electron chi connectivity index (χ2n) is 1.90. The summed E-state index contributed by atoms with van der Waals surface area (Å²) in [5.74, 6) is 10.5. The van der Waals surface area contributed by atoms with E-state index in [1.165, 1.54) is 0 Å². The Morgan fingerprint density at radius 2 is 2.17 bits per heavy atom. The van der Waals surface area contributed by atoms with Crippen LogP contribution in [0.1, 0.15) is 0 Å². The number of nitrogens with zero attached hydrogens (tertiary/aromatic N) is 3. The summed E-state index contributed by atoms with van der Waals surface area (Å²) in [7, 11) is 0. The highest BCUT2D eigenvalue weighted by molar-refractivity contribution is 9.10. The molecule has 0 amide bonds. The maximum absolute atomic E-state index is 5.65. The first kappa shape index (κ1) is 9.14. The highest BCUT2D eigenvalue weighted by Crippen LogP contribution is 2.15. The van der Waals surface area contributed by atoms with Crippen LogP contribution in [0.3, 0.4) is 0 Å². The molecule has 0 bridgehead atoms. The molecule has 0 aromatic carbocycles. The molecule has 0 aliphatic rings. The van der Waals surface area contributed by atoms with Gasteiger partial charge < -0.3 is 17.4 Å². The quantitative estimate of drug-likeness (QED) is 0.325. The molecular formula is C4H6BrClN6. The molecule has 1 heterocycles. The van der Waals surface area contributed by atoms with Gasteiger partial charge in [0.05, 0.1) is 0 Å². The molecule has 6 nitrogen and oxygen atoms in total. The van der Waals surface area contributed by atoms with Crippen molar-refractivity contribution in [2.24, 2.45) is 10.9 Å². The fourth-order valence-electron chi connectivity index (χ4n) is 0.629. The lowest BCUT2D eigenvalue weighted by atomic mass is 10.6. The highest BCUT2D eigenvalue weighted by atomic mass is 79.9. The van der Waals surface area contributed by atoms with Crippen molar-refractivity contribution in [1.82, 2.24) is 9.66 Å². The Kier molecular flexibility index (Phi) is 2.43. The summed E-state index contributed by atoms with van der Waals surface area (Å²) in [5, 5.41) is 3.54. The third-order valence-corrected chi connectivity index (χ3v) is 2.42. The van der Waals surface area contributed by atoms with Crippen LogP contribution in [0.15, 0.2) is 9.57 Å². The molecule has 0 saturated carbocycles. The summed E-state index contributed by atoms with van der Waals surface area (Å²) >= 11 is 8.75. The Morgan fingerprint density at radius 1 is 1.58 bits per heavy atom. The molecular weight excluding hydrogens is 247 g/mol. The van der Waals surface area contributed by atoms with Crippen molar-refractivity contribution in [3.8, 4) is 0 Å². The standard InChI is InChI=1S/C4H6BrClN6/c5-1-2(6)10-4(7)12(9)3(1)11-8/h8-9H2,(H2,7,10)/b11-3-. The number of hydrogen-bond donors (Lipinski definition) is 3. The number of hydrogen-bond acceptors (Lipinski definition) is 5. The maximum atomic E-state index is 5.65. The summed E-state index contributed by atoms with van der Waals surface area (Å²) < 4.78 is 1.43. The topological polar surface area (TPSA) is 108 Å². The normalized spacial score (nSPS) is 12.0. The van der Waals surface area contributed by atoms with Gasteiger partial charge in [0.2, 0.25) is 5.95 Å². The van der Waals surface area contributed by atoms with E-state index in [0.717, 1.165) is 4.68 Å². The lowest BCUT2D eigenvalue weighted by Crippen LogP contribution is -2.33. The molecule has 12 heavy (non-hydrogen) atoms. The number of aromatic nitrogens is 2. The average molecular weight is 253 g/mol. The van der Waals surface area contributed by atoms with Crippen molar-refractivity contribution in [2.45, 2.75) is 0 Å². The molecule has 0 unspecified atom stereocenters. The van der Waals surface area contributed by atoms with E-state index < -0.39 is 0 Å². The fourth-order valence-corrected chi connectivity index (χ4v) is 1.18. The molecule has 0 aliphatic heterocycles. The van der Waals surface area contributed by atoms with Gasteiger partial charge in [-0.1, -0.05) is 11.6 Å². The van der Waals surface area contributed by atoms with Crippen LogP contribution in [0.25, 0.3) is 0 Å². The zero-order chi connectivity index (χ0) is 9.30. The van der Waals surface area contributed by atoms with Crippen LogP contribution in [0.5, 0.6) is 0 Å². The van der Waals surface area contributed by atoms with Crippen LogP contribution >= 0.6 is 27.5 Å². The first-order chi connectivity index (χ1) is 5.57. The van der Waals surface area contributed by atoms with Crippen molar-refractivity contribution < 1.29 is 0 Å². The van der Waals surface area contributed by atoms with E-state index in [2.05, 4.69) is 26.0 Å². The Morgan fingerprint density at radius 3 is 2.67 bits per heavy atom. The van der Waals surface area contributed by atoms with Gasteiger partial charge in [-0.15, -0.1) is 0 Å². The molecule has 6 N–H and O–H groups in total. The van der Waals surface area contributed by atoms with Gasteiger partial charge in [-0.2, -0.15) is 10.1 Å². The number of nitrogen functional groups attached to an aromatic ring is 2. The minimum atomic E-state index is 0.0346. The average Bonchev–Trinajstić information content (AvgIpc) is 2.02.